The highest BCUT2D eigenvalue weighted by Gasteiger charge is 2.16. The van der Waals surface area contributed by atoms with Gasteiger partial charge in [0.1, 0.15) is 0 Å². The summed E-state index contributed by atoms with van der Waals surface area (Å²) in [5, 5.41) is 0.733. The van der Waals surface area contributed by atoms with Crippen LogP contribution in [0.1, 0.15) is 57.6 Å². The Balaban J connectivity index is 2.46. The van der Waals surface area contributed by atoms with E-state index in [2.05, 4.69) is 13.8 Å². The molecule has 0 fully saturated rings. The van der Waals surface area contributed by atoms with Crippen LogP contribution in [0.15, 0.2) is 24.3 Å². The van der Waals surface area contributed by atoms with Gasteiger partial charge in [0.2, 0.25) is 0 Å². The van der Waals surface area contributed by atoms with Gasteiger partial charge in [-0.2, -0.15) is 0 Å². The van der Waals surface area contributed by atoms with Crippen LogP contribution in [-0.4, -0.2) is 12.6 Å². The van der Waals surface area contributed by atoms with Gasteiger partial charge in [-0.15, -0.1) is 0 Å². The van der Waals surface area contributed by atoms with E-state index in [0.717, 1.165) is 17.0 Å². The zero-order valence-electron chi connectivity index (χ0n) is 12.1. The zero-order chi connectivity index (χ0) is 14.1. The van der Waals surface area contributed by atoms with E-state index in [1.807, 2.05) is 24.3 Å². The minimum atomic E-state index is -0.102. The van der Waals surface area contributed by atoms with Gasteiger partial charge in [0.15, 0.2) is 0 Å². The highest BCUT2D eigenvalue weighted by atomic mass is 35.5. The Kier molecular flexibility index (Phi) is 8.11. The molecule has 3 heteroatoms. The summed E-state index contributed by atoms with van der Waals surface area (Å²) in [6.07, 6.45) is 6.27. The maximum Gasteiger partial charge on any atom is 0.0965 e. The average molecular weight is 284 g/mol. The molecule has 2 N–H and O–H groups in total. The fourth-order valence-corrected chi connectivity index (χ4v) is 2.46. The van der Waals surface area contributed by atoms with E-state index in [9.17, 15) is 0 Å². The van der Waals surface area contributed by atoms with Crippen molar-refractivity contribution in [2.45, 2.75) is 58.2 Å². The molecule has 0 aliphatic heterocycles. The smallest absolute Gasteiger partial charge is 0.0965 e. The van der Waals surface area contributed by atoms with Crippen LogP contribution in [0, 0.1) is 0 Å². The Bertz CT molecular complexity index is 356. The van der Waals surface area contributed by atoms with Gasteiger partial charge in [-0.25, -0.2) is 0 Å². The van der Waals surface area contributed by atoms with Crippen molar-refractivity contribution in [2.24, 2.45) is 5.73 Å². The van der Waals surface area contributed by atoms with Gasteiger partial charge in [0.25, 0.3) is 0 Å². The van der Waals surface area contributed by atoms with Crippen LogP contribution in [0.5, 0.6) is 0 Å². The summed E-state index contributed by atoms with van der Waals surface area (Å²) in [5.41, 5.74) is 6.81. The monoisotopic (exact) mass is 283 g/mol. The Morgan fingerprint density at radius 2 is 1.95 bits per heavy atom. The highest BCUT2D eigenvalue weighted by Crippen LogP contribution is 2.26. The molecule has 0 amide bonds. The number of rotatable bonds is 9. The van der Waals surface area contributed by atoms with Crippen LogP contribution >= 0.6 is 11.6 Å². The normalized spacial score (nSPS) is 14.3. The van der Waals surface area contributed by atoms with Crippen LogP contribution in [0.3, 0.4) is 0 Å². The minimum absolute atomic E-state index is 0.102. The summed E-state index contributed by atoms with van der Waals surface area (Å²) in [7, 11) is 0. The molecule has 0 aliphatic rings. The molecule has 0 spiro atoms. The number of ether oxygens (including phenoxy) is 1. The van der Waals surface area contributed by atoms with Crippen LogP contribution in [0.2, 0.25) is 5.02 Å². The largest absolute Gasteiger partial charge is 0.369 e. The van der Waals surface area contributed by atoms with E-state index in [1.54, 1.807) is 0 Å². The predicted molar refractivity (Wildman–Crippen MR) is 82.6 cm³/mol. The summed E-state index contributed by atoms with van der Waals surface area (Å²) in [6.45, 7) is 4.80. The Morgan fingerprint density at radius 3 is 2.58 bits per heavy atom. The number of nitrogens with two attached hydrogens (primary N) is 1. The van der Waals surface area contributed by atoms with Crippen LogP contribution in [0.4, 0.5) is 0 Å². The molecular weight excluding hydrogens is 258 g/mol. The Hall–Kier alpha value is -0.570. The van der Waals surface area contributed by atoms with Crippen molar-refractivity contribution in [1.29, 1.82) is 0 Å². The molecule has 108 valence electrons. The zero-order valence-corrected chi connectivity index (χ0v) is 12.8. The van der Waals surface area contributed by atoms with E-state index in [1.165, 1.54) is 25.7 Å². The van der Waals surface area contributed by atoms with Crippen LogP contribution in [-0.2, 0) is 4.74 Å². The molecule has 0 radical (unpaired) electrons. The lowest BCUT2D eigenvalue weighted by Gasteiger charge is -2.22. The molecule has 1 aromatic rings. The van der Waals surface area contributed by atoms with Crippen molar-refractivity contribution in [2.75, 3.05) is 6.54 Å². The van der Waals surface area contributed by atoms with Gasteiger partial charge in [-0.05, 0) is 19.4 Å². The van der Waals surface area contributed by atoms with Gasteiger partial charge in [0, 0.05) is 17.1 Å². The third kappa shape index (κ3) is 5.94. The molecule has 2 nitrogen and oxygen atoms in total. The van der Waals surface area contributed by atoms with E-state index in [-0.39, 0.29) is 12.2 Å². The summed E-state index contributed by atoms with van der Waals surface area (Å²) >= 11 is 6.19. The molecule has 1 aromatic carbocycles. The molecule has 2 unspecified atom stereocenters. The maximum atomic E-state index is 6.19. The summed E-state index contributed by atoms with van der Waals surface area (Å²) in [5.74, 6) is 0. The van der Waals surface area contributed by atoms with Gasteiger partial charge in [-0.1, -0.05) is 62.4 Å². The van der Waals surface area contributed by atoms with Crippen molar-refractivity contribution in [3.63, 3.8) is 0 Å². The fourth-order valence-electron chi connectivity index (χ4n) is 2.20. The van der Waals surface area contributed by atoms with E-state index >= 15 is 0 Å². The first-order valence-electron chi connectivity index (χ1n) is 7.29. The first-order chi connectivity index (χ1) is 9.19. The first kappa shape index (κ1) is 16.5. The molecule has 0 bridgehead atoms. The SMILES string of the molecule is CCCCCCC(C)OC(CN)c1ccccc1Cl. The molecule has 2 atom stereocenters. The third-order valence-corrected chi connectivity index (χ3v) is 3.67. The lowest BCUT2D eigenvalue weighted by molar-refractivity contribution is -0.00368. The molecule has 0 saturated carbocycles. The number of halogens is 1. The second kappa shape index (κ2) is 9.35. The van der Waals surface area contributed by atoms with Gasteiger partial charge in [-0.3, -0.25) is 0 Å². The standard InChI is InChI=1S/C16H26ClNO/c1-3-4-5-6-9-13(2)19-16(12-18)14-10-7-8-11-15(14)17/h7-8,10-11,13,16H,3-6,9,12,18H2,1-2H3. The van der Waals surface area contributed by atoms with Crippen molar-refractivity contribution in [1.82, 2.24) is 0 Å². The van der Waals surface area contributed by atoms with Gasteiger partial charge in [0.05, 0.1) is 12.2 Å². The molecule has 0 saturated heterocycles. The van der Waals surface area contributed by atoms with Crippen molar-refractivity contribution in [3.05, 3.63) is 34.9 Å². The molecular formula is C16H26ClNO. The third-order valence-electron chi connectivity index (χ3n) is 3.33. The number of benzene rings is 1. The van der Waals surface area contributed by atoms with Gasteiger partial charge < -0.3 is 10.5 Å². The molecule has 0 aromatic heterocycles. The highest BCUT2D eigenvalue weighted by molar-refractivity contribution is 6.31. The van der Waals surface area contributed by atoms with Crippen molar-refractivity contribution in [3.8, 4) is 0 Å². The number of unbranched alkanes of at least 4 members (excludes halogenated alkanes) is 3. The molecule has 1 rings (SSSR count). The topological polar surface area (TPSA) is 35.2 Å². The van der Waals surface area contributed by atoms with E-state index < -0.39 is 0 Å². The second-order valence-electron chi connectivity index (χ2n) is 5.04. The van der Waals surface area contributed by atoms with E-state index in [0.29, 0.717) is 6.54 Å². The van der Waals surface area contributed by atoms with Crippen molar-refractivity contribution < 1.29 is 4.74 Å². The quantitative estimate of drug-likeness (QED) is 0.666. The Morgan fingerprint density at radius 1 is 1.21 bits per heavy atom. The Labute approximate surface area is 122 Å². The van der Waals surface area contributed by atoms with E-state index in [4.69, 9.17) is 22.1 Å². The summed E-state index contributed by atoms with van der Waals surface area (Å²) in [6, 6.07) is 7.77. The molecule has 0 heterocycles. The summed E-state index contributed by atoms with van der Waals surface area (Å²) in [4.78, 5) is 0. The second-order valence-corrected chi connectivity index (χ2v) is 5.45. The molecule has 0 aliphatic carbocycles. The fraction of sp³-hybridized carbons (Fsp3) is 0.625. The maximum absolute atomic E-state index is 6.19. The average Bonchev–Trinajstić information content (AvgIpc) is 2.42. The minimum Gasteiger partial charge on any atom is -0.369 e. The number of hydrogen-bond donors (Lipinski definition) is 1. The van der Waals surface area contributed by atoms with Crippen molar-refractivity contribution >= 4 is 11.6 Å². The lowest BCUT2D eigenvalue weighted by Crippen LogP contribution is -2.21. The van der Waals surface area contributed by atoms with Crippen LogP contribution in [0.25, 0.3) is 0 Å². The summed E-state index contributed by atoms with van der Waals surface area (Å²) < 4.78 is 6.04. The first-order valence-corrected chi connectivity index (χ1v) is 7.66. The molecule has 19 heavy (non-hydrogen) atoms. The van der Waals surface area contributed by atoms with Crippen LogP contribution < -0.4 is 5.73 Å². The van der Waals surface area contributed by atoms with Gasteiger partial charge >= 0.3 is 0 Å². The lowest BCUT2D eigenvalue weighted by atomic mass is 10.1. The number of hydrogen-bond acceptors (Lipinski definition) is 2. The predicted octanol–water partition coefficient (Wildman–Crippen LogP) is 4.72.